The molecule has 1 heterocycles. The summed E-state index contributed by atoms with van der Waals surface area (Å²) in [4.78, 5) is 8.23. The van der Waals surface area contributed by atoms with E-state index in [1.807, 2.05) is 6.92 Å². The SMILES string of the molecule is CC(NCC(O)C1CC1)c1cnccn1. The molecule has 0 amide bonds. The van der Waals surface area contributed by atoms with Gasteiger partial charge in [0.1, 0.15) is 0 Å². The average molecular weight is 207 g/mol. The summed E-state index contributed by atoms with van der Waals surface area (Å²) in [6.45, 7) is 2.67. The summed E-state index contributed by atoms with van der Waals surface area (Å²) in [5, 5.41) is 13.0. The van der Waals surface area contributed by atoms with Gasteiger partial charge in [-0.15, -0.1) is 0 Å². The molecule has 82 valence electrons. The molecule has 1 aliphatic carbocycles. The topological polar surface area (TPSA) is 58.0 Å². The number of hydrogen-bond donors (Lipinski definition) is 2. The lowest BCUT2D eigenvalue weighted by Crippen LogP contribution is -2.30. The van der Waals surface area contributed by atoms with Crippen molar-refractivity contribution in [3.8, 4) is 0 Å². The van der Waals surface area contributed by atoms with Gasteiger partial charge in [0, 0.05) is 31.2 Å². The van der Waals surface area contributed by atoms with E-state index in [1.165, 1.54) is 12.8 Å². The maximum Gasteiger partial charge on any atom is 0.0753 e. The van der Waals surface area contributed by atoms with Gasteiger partial charge in [0.15, 0.2) is 0 Å². The first-order valence-electron chi connectivity index (χ1n) is 5.44. The number of aliphatic hydroxyl groups is 1. The Morgan fingerprint density at radius 2 is 2.33 bits per heavy atom. The number of nitrogens with zero attached hydrogens (tertiary/aromatic N) is 2. The van der Waals surface area contributed by atoms with Crippen LogP contribution in [0, 0.1) is 5.92 Å². The molecule has 0 bridgehead atoms. The van der Waals surface area contributed by atoms with E-state index in [0.29, 0.717) is 12.5 Å². The zero-order valence-corrected chi connectivity index (χ0v) is 8.93. The van der Waals surface area contributed by atoms with Crippen LogP contribution in [0.15, 0.2) is 18.6 Å². The molecular formula is C11H17N3O. The molecule has 1 aromatic heterocycles. The summed E-state index contributed by atoms with van der Waals surface area (Å²) in [6.07, 6.45) is 7.23. The van der Waals surface area contributed by atoms with Crippen LogP contribution >= 0.6 is 0 Å². The number of aromatic nitrogens is 2. The predicted octanol–water partition coefficient (Wildman–Crippen LogP) is 0.898. The molecule has 2 unspecified atom stereocenters. The summed E-state index contributed by atoms with van der Waals surface area (Å²) in [5.74, 6) is 0.520. The minimum Gasteiger partial charge on any atom is -0.392 e. The molecule has 2 rings (SSSR count). The third-order valence-electron chi connectivity index (χ3n) is 2.83. The fraction of sp³-hybridized carbons (Fsp3) is 0.636. The van der Waals surface area contributed by atoms with E-state index in [-0.39, 0.29) is 12.1 Å². The molecule has 15 heavy (non-hydrogen) atoms. The summed E-state index contributed by atoms with van der Waals surface area (Å²) >= 11 is 0. The highest BCUT2D eigenvalue weighted by Gasteiger charge is 2.29. The summed E-state index contributed by atoms with van der Waals surface area (Å²) in [6, 6.07) is 0.145. The fourth-order valence-electron chi connectivity index (χ4n) is 1.58. The molecule has 4 nitrogen and oxygen atoms in total. The summed E-state index contributed by atoms with van der Waals surface area (Å²) < 4.78 is 0. The third-order valence-corrected chi connectivity index (χ3v) is 2.83. The number of rotatable bonds is 5. The van der Waals surface area contributed by atoms with Crippen molar-refractivity contribution in [1.82, 2.24) is 15.3 Å². The lowest BCUT2D eigenvalue weighted by molar-refractivity contribution is 0.145. The second-order valence-corrected chi connectivity index (χ2v) is 4.16. The fourth-order valence-corrected chi connectivity index (χ4v) is 1.58. The van der Waals surface area contributed by atoms with Crippen molar-refractivity contribution < 1.29 is 5.11 Å². The lowest BCUT2D eigenvalue weighted by Gasteiger charge is -2.15. The van der Waals surface area contributed by atoms with E-state index < -0.39 is 0 Å². The molecule has 2 N–H and O–H groups in total. The molecule has 1 aliphatic rings. The Bertz CT molecular complexity index is 300. The first-order valence-corrected chi connectivity index (χ1v) is 5.44. The van der Waals surface area contributed by atoms with Crippen molar-refractivity contribution in [2.24, 2.45) is 5.92 Å². The van der Waals surface area contributed by atoms with Crippen molar-refractivity contribution in [2.75, 3.05) is 6.54 Å². The highest BCUT2D eigenvalue weighted by atomic mass is 16.3. The zero-order chi connectivity index (χ0) is 10.7. The van der Waals surface area contributed by atoms with E-state index >= 15 is 0 Å². The minimum atomic E-state index is -0.205. The van der Waals surface area contributed by atoms with E-state index in [0.717, 1.165) is 5.69 Å². The molecule has 0 spiro atoms. The zero-order valence-electron chi connectivity index (χ0n) is 8.93. The van der Waals surface area contributed by atoms with E-state index in [4.69, 9.17) is 0 Å². The minimum absolute atomic E-state index is 0.145. The standard InChI is InChI=1S/C11H17N3O/c1-8(10-6-12-4-5-13-10)14-7-11(15)9-2-3-9/h4-6,8-9,11,14-15H,2-3,7H2,1H3. The number of aliphatic hydroxyl groups excluding tert-OH is 1. The Labute approximate surface area is 89.8 Å². The molecule has 1 aromatic rings. The monoisotopic (exact) mass is 207 g/mol. The van der Waals surface area contributed by atoms with Gasteiger partial charge in [-0.05, 0) is 25.7 Å². The van der Waals surface area contributed by atoms with Gasteiger partial charge in [-0.25, -0.2) is 0 Å². The average Bonchev–Trinajstić information content (AvgIpc) is 3.10. The number of hydrogen-bond acceptors (Lipinski definition) is 4. The quantitative estimate of drug-likeness (QED) is 0.753. The molecule has 0 saturated heterocycles. The van der Waals surface area contributed by atoms with Gasteiger partial charge in [-0.2, -0.15) is 0 Å². The van der Waals surface area contributed by atoms with Crippen molar-refractivity contribution in [3.05, 3.63) is 24.3 Å². The predicted molar refractivity (Wildman–Crippen MR) is 57.2 cm³/mol. The molecule has 1 fully saturated rings. The molecule has 1 saturated carbocycles. The second-order valence-electron chi connectivity index (χ2n) is 4.16. The van der Waals surface area contributed by atoms with Crippen molar-refractivity contribution >= 4 is 0 Å². The summed E-state index contributed by atoms with van der Waals surface area (Å²) in [7, 11) is 0. The first-order chi connectivity index (χ1) is 7.27. The van der Waals surface area contributed by atoms with Gasteiger partial charge in [0.25, 0.3) is 0 Å². The highest BCUT2D eigenvalue weighted by Crippen LogP contribution is 2.32. The molecule has 2 atom stereocenters. The van der Waals surface area contributed by atoms with Gasteiger partial charge in [0.2, 0.25) is 0 Å². The maximum absolute atomic E-state index is 9.69. The van der Waals surface area contributed by atoms with Crippen LogP contribution in [0.3, 0.4) is 0 Å². The van der Waals surface area contributed by atoms with Crippen LogP contribution in [0.5, 0.6) is 0 Å². The molecule has 0 aliphatic heterocycles. The van der Waals surface area contributed by atoms with Crippen molar-refractivity contribution in [2.45, 2.75) is 31.9 Å². The first kappa shape index (κ1) is 10.5. The highest BCUT2D eigenvalue weighted by molar-refractivity contribution is 5.00. The van der Waals surface area contributed by atoms with E-state index in [9.17, 15) is 5.11 Å². The Morgan fingerprint density at radius 1 is 1.53 bits per heavy atom. The van der Waals surface area contributed by atoms with Gasteiger partial charge in [-0.3, -0.25) is 9.97 Å². The third kappa shape index (κ3) is 2.97. The van der Waals surface area contributed by atoms with Crippen LogP contribution in [0.4, 0.5) is 0 Å². The van der Waals surface area contributed by atoms with Crippen LogP contribution < -0.4 is 5.32 Å². The Hall–Kier alpha value is -1.00. The second kappa shape index (κ2) is 4.68. The molecule has 4 heteroatoms. The van der Waals surface area contributed by atoms with E-state index in [2.05, 4.69) is 15.3 Å². The molecule has 0 aromatic carbocycles. The Kier molecular flexibility index (Phi) is 3.28. The van der Waals surface area contributed by atoms with Gasteiger partial charge in [0.05, 0.1) is 11.8 Å². The van der Waals surface area contributed by atoms with Crippen LogP contribution in [0.2, 0.25) is 0 Å². The Balaban J connectivity index is 1.79. The van der Waals surface area contributed by atoms with Crippen molar-refractivity contribution in [3.63, 3.8) is 0 Å². The molecular weight excluding hydrogens is 190 g/mol. The largest absolute Gasteiger partial charge is 0.392 e. The maximum atomic E-state index is 9.69. The summed E-state index contributed by atoms with van der Waals surface area (Å²) in [5.41, 5.74) is 0.917. The van der Waals surface area contributed by atoms with Crippen molar-refractivity contribution in [1.29, 1.82) is 0 Å². The molecule has 0 radical (unpaired) electrons. The van der Waals surface area contributed by atoms with Crippen LogP contribution in [0.25, 0.3) is 0 Å². The smallest absolute Gasteiger partial charge is 0.0753 e. The Morgan fingerprint density at radius 3 is 2.93 bits per heavy atom. The van der Waals surface area contributed by atoms with Gasteiger partial charge < -0.3 is 10.4 Å². The van der Waals surface area contributed by atoms with Crippen LogP contribution in [0.1, 0.15) is 31.5 Å². The van der Waals surface area contributed by atoms with E-state index in [1.54, 1.807) is 18.6 Å². The van der Waals surface area contributed by atoms with Gasteiger partial charge >= 0.3 is 0 Å². The normalized spacial score (nSPS) is 19.9. The van der Waals surface area contributed by atoms with Crippen LogP contribution in [-0.2, 0) is 0 Å². The van der Waals surface area contributed by atoms with Crippen LogP contribution in [-0.4, -0.2) is 27.7 Å². The number of nitrogens with one attached hydrogen (secondary N) is 1. The lowest BCUT2D eigenvalue weighted by atomic mass is 10.2. The van der Waals surface area contributed by atoms with Gasteiger partial charge in [-0.1, -0.05) is 0 Å².